The molecule has 0 aromatic carbocycles. The van der Waals surface area contributed by atoms with Gasteiger partial charge in [-0.3, -0.25) is 0 Å². The summed E-state index contributed by atoms with van der Waals surface area (Å²) >= 11 is 0. The van der Waals surface area contributed by atoms with Gasteiger partial charge in [0.25, 0.3) is 0 Å². The van der Waals surface area contributed by atoms with Gasteiger partial charge in [-0.15, -0.1) is 0 Å². The molecule has 4 aliphatic carbocycles. The van der Waals surface area contributed by atoms with Crippen LogP contribution < -0.4 is 0 Å². The zero-order valence-electron chi connectivity index (χ0n) is 19.5. The first kappa shape index (κ1) is 21.1. The Bertz CT molecular complexity index is 651. The van der Waals surface area contributed by atoms with Crippen LogP contribution in [0.5, 0.6) is 0 Å². The highest BCUT2D eigenvalue weighted by molar-refractivity contribution is 6.69. The van der Waals surface area contributed by atoms with Crippen molar-refractivity contribution in [3.05, 3.63) is 11.6 Å². The fraction of sp³-hybridized carbons (Fsp3) is 0.920. The van der Waals surface area contributed by atoms with E-state index in [9.17, 15) is 5.11 Å². The van der Waals surface area contributed by atoms with Gasteiger partial charge in [-0.05, 0) is 118 Å². The minimum absolute atomic E-state index is 0.198. The van der Waals surface area contributed by atoms with Crippen LogP contribution in [0, 0.1) is 34.0 Å². The zero-order valence-corrected chi connectivity index (χ0v) is 20.5. The van der Waals surface area contributed by atoms with E-state index in [0.717, 1.165) is 24.2 Å². The lowest BCUT2D eigenvalue weighted by Crippen LogP contribution is -2.57. The number of hydrogen-bond acceptors (Lipinski definition) is 2. The largest absolute Gasteiger partial charge is 0.415 e. The van der Waals surface area contributed by atoms with Crippen molar-refractivity contribution in [2.24, 2.45) is 34.0 Å². The van der Waals surface area contributed by atoms with Crippen LogP contribution in [0.4, 0.5) is 0 Å². The van der Waals surface area contributed by atoms with Gasteiger partial charge >= 0.3 is 0 Å². The summed E-state index contributed by atoms with van der Waals surface area (Å²) in [6.45, 7) is 16.8. The molecule has 0 spiro atoms. The molecule has 0 bridgehead atoms. The molecule has 4 rings (SSSR count). The molecule has 8 atom stereocenters. The number of aliphatic hydroxyl groups excluding tert-OH is 1. The topological polar surface area (TPSA) is 29.5 Å². The summed E-state index contributed by atoms with van der Waals surface area (Å²) in [6.07, 6.45) is 12.8. The van der Waals surface area contributed by atoms with Gasteiger partial charge < -0.3 is 9.53 Å². The van der Waals surface area contributed by atoms with Gasteiger partial charge in [0.1, 0.15) is 0 Å². The molecular weight excluding hydrogens is 360 g/mol. The quantitative estimate of drug-likeness (QED) is 0.417. The third-order valence-electron chi connectivity index (χ3n) is 10.1. The summed E-state index contributed by atoms with van der Waals surface area (Å²) in [7, 11) is -1.45. The Morgan fingerprint density at radius 1 is 1.00 bits per heavy atom. The van der Waals surface area contributed by atoms with Crippen LogP contribution in [0.1, 0.15) is 79.1 Å². The van der Waals surface area contributed by atoms with Crippen molar-refractivity contribution in [1.82, 2.24) is 0 Å². The second-order valence-corrected chi connectivity index (χ2v) is 16.8. The van der Waals surface area contributed by atoms with Crippen LogP contribution in [-0.4, -0.2) is 25.6 Å². The molecule has 0 aromatic heterocycles. The number of fused-ring (bicyclic) bond motifs is 5. The number of rotatable bonds is 2. The molecule has 4 fully saturated rings. The standard InChI is InChI=1S/C25H44O2Si/c1-8-19-22(26)16-25(4)21-10-9-17-15-18(27-28(5,6)7)11-13-23(17,2)20(21)12-14-24(19,25)3/h8,17-18,20-22,26H,9-16H2,1-7H3/b19-8-/t17?,18-,20?,21?,22+,23-,24+,25-/m0/s1. The Hall–Kier alpha value is -0.123. The van der Waals surface area contributed by atoms with Crippen LogP contribution in [0.15, 0.2) is 11.6 Å². The molecule has 160 valence electrons. The highest BCUT2D eigenvalue weighted by Crippen LogP contribution is 2.72. The van der Waals surface area contributed by atoms with Gasteiger partial charge in [0, 0.05) is 6.10 Å². The normalized spacial score (nSPS) is 52.9. The van der Waals surface area contributed by atoms with Crippen LogP contribution in [0.25, 0.3) is 0 Å². The highest BCUT2D eigenvalue weighted by Gasteiger charge is 2.65. The lowest BCUT2D eigenvalue weighted by Gasteiger charge is -2.64. The predicted molar refractivity (Wildman–Crippen MR) is 120 cm³/mol. The predicted octanol–water partition coefficient (Wildman–Crippen LogP) is 6.56. The van der Waals surface area contributed by atoms with Crippen LogP contribution in [0.2, 0.25) is 19.6 Å². The molecule has 0 heterocycles. The first-order chi connectivity index (χ1) is 12.9. The van der Waals surface area contributed by atoms with Gasteiger partial charge in [-0.25, -0.2) is 0 Å². The maximum absolute atomic E-state index is 10.9. The Morgan fingerprint density at radius 2 is 1.71 bits per heavy atom. The highest BCUT2D eigenvalue weighted by atomic mass is 28.4. The van der Waals surface area contributed by atoms with Crippen LogP contribution in [-0.2, 0) is 4.43 Å². The van der Waals surface area contributed by atoms with Crippen molar-refractivity contribution in [2.45, 2.75) is 111 Å². The van der Waals surface area contributed by atoms with E-state index in [2.05, 4.69) is 53.4 Å². The Morgan fingerprint density at radius 3 is 2.36 bits per heavy atom. The summed E-state index contributed by atoms with van der Waals surface area (Å²) in [5.74, 6) is 2.44. The molecule has 0 saturated heterocycles. The van der Waals surface area contributed by atoms with E-state index in [-0.39, 0.29) is 16.9 Å². The van der Waals surface area contributed by atoms with Gasteiger partial charge in [0.2, 0.25) is 0 Å². The van der Waals surface area contributed by atoms with Crippen molar-refractivity contribution in [2.75, 3.05) is 0 Å². The minimum atomic E-state index is -1.45. The van der Waals surface area contributed by atoms with E-state index < -0.39 is 8.32 Å². The smallest absolute Gasteiger partial charge is 0.184 e. The maximum atomic E-state index is 10.9. The molecule has 0 aliphatic heterocycles. The zero-order chi connectivity index (χ0) is 20.5. The maximum Gasteiger partial charge on any atom is 0.184 e. The lowest BCUT2D eigenvalue weighted by molar-refractivity contribution is -0.148. The van der Waals surface area contributed by atoms with Gasteiger partial charge in [0.05, 0.1) is 6.10 Å². The van der Waals surface area contributed by atoms with E-state index >= 15 is 0 Å². The SMILES string of the molecule is C/C=C1/[C@H](O)C[C@@]2(C)C3CCC4C[C@@H](O[Si](C)(C)C)CC[C@]4(C)C3CC[C@]12C. The summed E-state index contributed by atoms with van der Waals surface area (Å²) < 4.78 is 6.55. The number of hydrogen-bond donors (Lipinski definition) is 1. The molecule has 3 heteroatoms. The van der Waals surface area contributed by atoms with E-state index in [4.69, 9.17) is 4.43 Å². The average Bonchev–Trinajstić information content (AvgIpc) is 2.79. The Balaban J connectivity index is 1.59. The first-order valence-corrected chi connectivity index (χ1v) is 15.4. The third-order valence-corrected chi connectivity index (χ3v) is 11.2. The Labute approximate surface area is 174 Å². The fourth-order valence-corrected chi connectivity index (χ4v) is 9.85. The number of aliphatic hydroxyl groups is 1. The van der Waals surface area contributed by atoms with E-state index in [1.165, 1.54) is 50.5 Å². The van der Waals surface area contributed by atoms with Crippen molar-refractivity contribution in [3.63, 3.8) is 0 Å². The number of allylic oxidation sites excluding steroid dienone is 1. The summed E-state index contributed by atoms with van der Waals surface area (Å²) in [4.78, 5) is 0. The molecule has 2 nitrogen and oxygen atoms in total. The molecule has 0 amide bonds. The molecule has 4 aliphatic rings. The van der Waals surface area contributed by atoms with E-state index in [1.807, 2.05) is 0 Å². The summed E-state index contributed by atoms with van der Waals surface area (Å²) in [5.41, 5.74) is 2.28. The molecule has 0 radical (unpaired) electrons. The van der Waals surface area contributed by atoms with E-state index in [0.29, 0.717) is 11.5 Å². The van der Waals surface area contributed by atoms with Gasteiger partial charge in [0.15, 0.2) is 8.32 Å². The van der Waals surface area contributed by atoms with E-state index in [1.54, 1.807) is 0 Å². The van der Waals surface area contributed by atoms with Crippen molar-refractivity contribution in [3.8, 4) is 0 Å². The average molecular weight is 405 g/mol. The molecule has 0 aromatic rings. The van der Waals surface area contributed by atoms with Crippen molar-refractivity contribution >= 4 is 8.32 Å². The summed E-state index contributed by atoms with van der Waals surface area (Å²) in [6, 6.07) is 0. The van der Waals surface area contributed by atoms with Gasteiger partial charge in [-0.2, -0.15) is 0 Å². The lowest BCUT2D eigenvalue weighted by atomic mass is 9.41. The second kappa shape index (κ2) is 6.69. The summed E-state index contributed by atoms with van der Waals surface area (Å²) in [5, 5.41) is 10.9. The van der Waals surface area contributed by atoms with Crippen molar-refractivity contribution in [1.29, 1.82) is 0 Å². The van der Waals surface area contributed by atoms with Crippen molar-refractivity contribution < 1.29 is 9.53 Å². The van der Waals surface area contributed by atoms with Crippen LogP contribution >= 0.6 is 0 Å². The molecule has 3 unspecified atom stereocenters. The van der Waals surface area contributed by atoms with Gasteiger partial charge in [-0.1, -0.05) is 26.8 Å². The minimum Gasteiger partial charge on any atom is -0.415 e. The Kier molecular flexibility index (Phi) is 5.04. The first-order valence-electron chi connectivity index (χ1n) is 12.0. The fourth-order valence-electron chi connectivity index (χ4n) is 8.64. The van der Waals surface area contributed by atoms with Crippen LogP contribution in [0.3, 0.4) is 0 Å². The molecule has 28 heavy (non-hydrogen) atoms. The molecule has 1 N–H and O–H groups in total. The monoisotopic (exact) mass is 404 g/mol. The third kappa shape index (κ3) is 2.93. The second-order valence-electron chi connectivity index (χ2n) is 12.4. The molecular formula is C25H44O2Si. The molecule has 4 saturated carbocycles.